The number of aromatic nitrogens is 2. The molecule has 0 bridgehead atoms. The average Bonchev–Trinajstić information content (AvgIpc) is 2.85. The summed E-state index contributed by atoms with van der Waals surface area (Å²) in [7, 11) is 0. The van der Waals surface area contributed by atoms with Crippen LogP contribution in [-0.2, 0) is 16.0 Å². The molecule has 3 rings (SSSR count). The predicted octanol–water partition coefficient (Wildman–Crippen LogP) is 1.88. The molecule has 1 aliphatic rings. The second-order valence-electron chi connectivity index (χ2n) is 5.60. The van der Waals surface area contributed by atoms with Gasteiger partial charge < -0.3 is 15.4 Å². The van der Waals surface area contributed by atoms with Gasteiger partial charge in [0.15, 0.2) is 0 Å². The number of hydrogen-bond donors (Lipinski definition) is 1. The zero-order valence-electron chi connectivity index (χ0n) is 13.3. The highest BCUT2D eigenvalue weighted by atomic mass is 32.1. The van der Waals surface area contributed by atoms with E-state index in [9.17, 15) is 4.79 Å². The van der Waals surface area contributed by atoms with Crippen molar-refractivity contribution in [2.45, 2.75) is 26.4 Å². The van der Waals surface area contributed by atoms with Crippen molar-refractivity contribution in [2.75, 3.05) is 25.4 Å². The van der Waals surface area contributed by atoms with Gasteiger partial charge in [-0.1, -0.05) is 6.07 Å². The van der Waals surface area contributed by atoms with E-state index in [1.54, 1.807) is 17.4 Å². The maximum absolute atomic E-state index is 12.6. The van der Waals surface area contributed by atoms with Crippen LogP contribution >= 0.6 is 11.3 Å². The summed E-state index contributed by atoms with van der Waals surface area (Å²) in [6.07, 6.45) is 0.175. The van der Waals surface area contributed by atoms with Crippen molar-refractivity contribution in [1.82, 2.24) is 14.9 Å². The molecule has 0 saturated carbocycles. The third-order valence-electron chi connectivity index (χ3n) is 3.85. The standard InChI is InChI=1S/C16H20N4O2S/c1-10-14(23-11(2)18-10)8-16(21)20-6-7-22-13(9-20)12-4-3-5-15(17)19-12/h3-5,13H,6-9H2,1-2H3,(H2,17,19)/t13-/m1/s1. The molecular formula is C16H20N4O2S. The van der Waals surface area contributed by atoms with Gasteiger partial charge >= 0.3 is 0 Å². The van der Waals surface area contributed by atoms with Crippen LogP contribution in [0.4, 0.5) is 5.82 Å². The first kappa shape index (κ1) is 15.9. The number of aryl methyl sites for hydroxylation is 2. The highest BCUT2D eigenvalue weighted by Crippen LogP contribution is 2.23. The van der Waals surface area contributed by atoms with Crippen LogP contribution in [0, 0.1) is 13.8 Å². The topological polar surface area (TPSA) is 81.3 Å². The Balaban J connectivity index is 1.68. The molecule has 2 aromatic heterocycles. The van der Waals surface area contributed by atoms with E-state index < -0.39 is 0 Å². The summed E-state index contributed by atoms with van der Waals surface area (Å²) < 4.78 is 5.76. The quantitative estimate of drug-likeness (QED) is 0.928. The van der Waals surface area contributed by atoms with E-state index in [1.807, 2.05) is 30.9 Å². The monoisotopic (exact) mass is 332 g/mol. The molecular weight excluding hydrogens is 312 g/mol. The second-order valence-corrected chi connectivity index (χ2v) is 6.89. The summed E-state index contributed by atoms with van der Waals surface area (Å²) >= 11 is 1.59. The van der Waals surface area contributed by atoms with Gasteiger partial charge in [0.25, 0.3) is 0 Å². The third kappa shape index (κ3) is 3.68. The molecule has 7 heteroatoms. The van der Waals surface area contributed by atoms with Crippen LogP contribution in [0.5, 0.6) is 0 Å². The molecule has 2 N–H and O–H groups in total. The molecule has 3 heterocycles. The molecule has 0 unspecified atom stereocenters. The van der Waals surface area contributed by atoms with Gasteiger partial charge in [0.1, 0.15) is 11.9 Å². The van der Waals surface area contributed by atoms with E-state index in [0.29, 0.717) is 31.9 Å². The Bertz CT molecular complexity index is 716. The lowest BCUT2D eigenvalue weighted by atomic mass is 10.1. The van der Waals surface area contributed by atoms with Gasteiger partial charge in [0, 0.05) is 11.4 Å². The smallest absolute Gasteiger partial charge is 0.228 e. The first-order chi connectivity index (χ1) is 11.0. The van der Waals surface area contributed by atoms with Crippen molar-refractivity contribution in [3.8, 4) is 0 Å². The van der Waals surface area contributed by atoms with Crippen molar-refractivity contribution in [2.24, 2.45) is 0 Å². The number of amides is 1. The fraction of sp³-hybridized carbons (Fsp3) is 0.438. The highest BCUT2D eigenvalue weighted by Gasteiger charge is 2.27. The van der Waals surface area contributed by atoms with E-state index in [2.05, 4.69) is 9.97 Å². The Labute approximate surface area is 139 Å². The normalized spacial score (nSPS) is 18.2. The number of morpholine rings is 1. The Hall–Kier alpha value is -1.99. The fourth-order valence-corrected chi connectivity index (χ4v) is 3.62. The minimum Gasteiger partial charge on any atom is -0.384 e. The maximum atomic E-state index is 12.6. The zero-order valence-corrected chi connectivity index (χ0v) is 14.1. The Morgan fingerprint density at radius 2 is 2.26 bits per heavy atom. The lowest BCUT2D eigenvalue weighted by Gasteiger charge is -2.32. The lowest BCUT2D eigenvalue weighted by Crippen LogP contribution is -2.43. The van der Waals surface area contributed by atoms with Crippen molar-refractivity contribution in [3.05, 3.63) is 39.5 Å². The molecule has 1 fully saturated rings. The lowest BCUT2D eigenvalue weighted by molar-refractivity contribution is -0.138. The molecule has 1 amide bonds. The van der Waals surface area contributed by atoms with Gasteiger partial charge in [-0.3, -0.25) is 4.79 Å². The number of rotatable bonds is 3. The molecule has 6 nitrogen and oxygen atoms in total. The first-order valence-corrected chi connectivity index (χ1v) is 8.39. The number of ether oxygens (including phenoxy) is 1. The number of nitrogens with zero attached hydrogens (tertiary/aromatic N) is 3. The molecule has 122 valence electrons. The van der Waals surface area contributed by atoms with E-state index >= 15 is 0 Å². The number of anilines is 1. The number of nitrogen functional groups attached to an aromatic ring is 1. The Kier molecular flexibility index (Phi) is 4.58. The number of thiazole rings is 1. The van der Waals surface area contributed by atoms with Gasteiger partial charge in [-0.2, -0.15) is 0 Å². The molecule has 2 aromatic rings. The maximum Gasteiger partial charge on any atom is 0.228 e. The molecule has 0 spiro atoms. The second kappa shape index (κ2) is 6.64. The van der Waals surface area contributed by atoms with Crippen LogP contribution in [0.2, 0.25) is 0 Å². The van der Waals surface area contributed by atoms with Crippen LogP contribution in [0.1, 0.15) is 27.4 Å². The summed E-state index contributed by atoms with van der Waals surface area (Å²) in [6, 6.07) is 5.47. The van der Waals surface area contributed by atoms with Crippen molar-refractivity contribution < 1.29 is 9.53 Å². The zero-order chi connectivity index (χ0) is 16.4. The third-order valence-corrected chi connectivity index (χ3v) is 4.93. The Morgan fingerprint density at radius 3 is 2.96 bits per heavy atom. The molecule has 23 heavy (non-hydrogen) atoms. The van der Waals surface area contributed by atoms with E-state index in [4.69, 9.17) is 10.5 Å². The van der Waals surface area contributed by atoms with Crippen molar-refractivity contribution in [3.63, 3.8) is 0 Å². The van der Waals surface area contributed by atoms with E-state index in [0.717, 1.165) is 21.3 Å². The van der Waals surface area contributed by atoms with Gasteiger partial charge in [0.05, 0.1) is 36.0 Å². The summed E-state index contributed by atoms with van der Waals surface area (Å²) in [5, 5.41) is 0.995. The molecule has 1 saturated heterocycles. The van der Waals surface area contributed by atoms with Crippen molar-refractivity contribution in [1.29, 1.82) is 0 Å². The van der Waals surface area contributed by atoms with Crippen LogP contribution in [0.25, 0.3) is 0 Å². The Morgan fingerprint density at radius 1 is 1.43 bits per heavy atom. The van der Waals surface area contributed by atoms with Gasteiger partial charge in [-0.15, -0.1) is 11.3 Å². The predicted molar refractivity (Wildman–Crippen MR) is 89.2 cm³/mol. The number of carbonyl (C=O) groups is 1. The van der Waals surface area contributed by atoms with Crippen molar-refractivity contribution >= 4 is 23.1 Å². The van der Waals surface area contributed by atoms with Crippen LogP contribution < -0.4 is 5.73 Å². The number of carbonyl (C=O) groups excluding carboxylic acids is 1. The average molecular weight is 332 g/mol. The molecule has 0 aromatic carbocycles. The van der Waals surface area contributed by atoms with Crippen LogP contribution in [-0.4, -0.2) is 40.5 Å². The van der Waals surface area contributed by atoms with Crippen LogP contribution in [0.15, 0.2) is 18.2 Å². The van der Waals surface area contributed by atoms with E-state index in [-0.39, 0.29) is 12.0 Å². The summed E-state index contributed by atoms with van der Waals surface area (Å²) in [5.74, 6) is 0.569. The highest BCUT2D eigenvalue weighted by molar-refractivity contribution is 7.11. The fourth-order valence-electron chi connectivity index (χ4n) is 2.69. The molecule has 0 radical (unpaired) electrons. The molecule has 1 aliphatic heterocycles. The van der Waals surface area contributed by atoms with Gasteiger partial charge in [0.2, 0.25) is 5.91 Å². The first-order valence-electron chi connectivity index (χ1n) is 7.57. The van der Waals surface area contributed by atoms with Gasteiger partial charge in [-0.05, 0) is 26.0 Å². The summed E-state index contributed by atoms with van der Waals surface area (Å²) in [4.78, 5) is 24.1. The number of hydrogen-bond acceptors (Lipinski definition) is 6. The molecule has 1 atom stereocenters. The van der Waals surface area contributed by atoms with Crippen LogP contribution in [0.3, 0.4) is 0 Å². The summed E-state index contributed by atoms with van der Waals surface area (Å²) in [6.45, 7) is 5.53. The van der Waals surface area contributed by atoms with Gasteiger partial charge in [-0.25, -0.2) is 9.97 Å². The minimum atomic E-state index is -0.222. The number of nitrogens with two attached hydrogens (primary N) is 1. The minimum absolute atomic E-state index is 0.106. The SMILES string of the molecule is Cc1nc(C)c(CC(=O)N2CCO[C@@H](c3cccc(N)n3)C2)s1. The van der Waals surface area contributed by atoms with E-state index in [1.165, 1.54) is 0 Å². The molecule has 0 aliphatic carbocycles. The largest absolute Gasteiger partial charge is 0.384 e. The summed E-state index contributed by atoms with van der Waals surface area (Å²) in [5.41, 5.74) is 7.45. The number of pyridine rings is 1.